The lowest BCUT2D eigenvalue weighted by Gasteiger charge is -2.06. The van der Waals surface area contributed by atoms with Crippen molar-refractivity contribution in [2.75, 3.05) is 6.54 Å². The standard InChI is InChI=1S/C17H15FN2O/c18-14-6-4-12(5-7-14)8-10-20-17(21)15-3-1-2-13-9-11-19-16(13)15/h1-7,9,11,19H,8,10H2,(H,20,21). The Morgan fingerprint density at radius 2 is 1.90 bits per heavy atom. The molecule has 21 heavy (non-hydrogen) atoms. The third-order valence-electron chi connectivity index (χ3n) is 3.44. The average Bonchev–Trinajstić information content (AvgIpc) is 2.97. The number of aromatic nitrogens is 1. The van der Waals surface area contributed by atoms with Gasteiger partial charge >= 0.3 is 0 Å². The number of carbonyl (C=O) groups excluding carboxylic acids is 1. The zero-order valence-corrected chi connectivity index (χ0v) is 11.4. The summed E-state index contributed by atoms with van der Waals surface area (Å²) in [7, 11) is 0. The molecule has 3 aromatic rings. The summed E-state index contributed by atoms with van der Waals surface area (Å²) in [5.74, 6) is -0.355. The van der Waals surface area contributed by atoms with Gasteiger partial charge in [0.1, 0.15) is 5.82 Å². The normalized spacial score (nSPS) is 10.7. The fraction of sp³-hybridized carbons (Fsp3) is 0.118. The van der Waals surface area contributed by atoms with E-state index >= 15 is 0 Å². The summed E-state index contributed by atoms with van der Waals surface area (Å²) in [6.07, 6.45) is 2.49. The molecule has 1 amide bonds. The Morgan fingerprint density at radius 1 is 1.10 bits per heavy atom. The van der Waals surface area contributed by atoms with E-state index in [9.17, 15) is 9.18 Å². The maximum Gasteiger partial charge on any atom is 0.253 e. The molecule has 0 spiro atoms. The fourth-order valence-corrected chi connectivity index (χ4v) is 2.34. The fourth-order valence-electron chi connectivity index (χ4n) is 2.34. The summed E-state index contributed by atoms with van der Waals surface area (Å²) >= 11 is 0. The number of halogens is 1. The monoisotopic (exact) mass is 282 g/mol. The number of hydrogen-bond donors (Lipinski definition) is 2. The van der Waals surface area contributed by atoms with E-state index in [0.29, 0.717) is 18.5 Å². The molecule has 2 N–H and O–H groups in total. The first-order chi connectivity index (χ1) is 10.2. The molecule has 0 aliphatic carbocycles. The second kappa shape index (κ2) is 5.79. The highest BCUT2D eigenvalue weighted by Gasteiger charge is 2.09. The first-order valence-electron chi connectivity index (χ1n) is 6.83. The smallest absolute Gasteiger partial charge is 0.253 e. The predicted molar refractivity (Wildman–Crippen MR) is 80.7 cm³/mol. The van der Waals surface area contributed by atoms with Crippen LogP contribution in [-0.4, -0.2) is 17.4 Å². The van der Waals surface area contributed by atoms with Gasteiger partial charge in [-0.25, -0.2) is 4.39 Å². The topological polar surface area (TPSA) is 44.9 Å². The van der Waals surface area contributed by atoms with Crippen molar-refractivity contribution in [1.29, 1.82) is 0 Å². The van der Waals surface area contributed by atoms with Gasteiger partial charge in [-0.2, -0.15) is 0 Å². The first-order valence-corrected chi connectivity index (χ1v) is 6.83. The Labute approximate surface area is 121 Å². The number of amides is 1. The molecule has 0 aliphatic rings. The molecule has 106 valence electrons. The van der Waals surface area contributed by atoms with Crippen LogP contribution < -0.4 is 5.32 Å². The average molecular weight is 282 g/mol. The van der Waals surface area contributed by atoms with Crippen LogP contribution in [-0.2, 0) is 6.42 Å². The maximum absolute atomic E-state index is 12.8. The lowest BCUT2D eigenvalue weighted by Crippen LogP contribution is -2.25. The molecule has 0 atom stereocenters. The van der Waals surface area contributed by atoms with Crippen LogP contribution in [0.2, 0.25) is 0 Å². The SMILES string of the molecule is O=C(NCCc1ccc(F)cc1)c1cccc2cc[nH]c12. The van der Waals surface area contributed by atoms with Crippen molar-refractivity contribution in [1.82, 2.24) is 10.3 Å². The molecule has 2 aromatic carbocycles. The van der Waals surface area contributed by atoms with Gasteiger partial charge in [-0.1, -0.05) is 24.3 Å². The summed E-state index contributed by atoms with van der Waals surface area (Å²) in [6, 6.07) is 13.9. The van der Waals surface area contributed by atoms with Crippen LogP contribution in [0.25, 0.3) is 10.9 Å². The van der Waals surface area contributed by atoms with Gasteiger partial charge in [0.15, 0.2) is 0 Å². The Hall–Kier alpha value is -2.62. The molecular formula is C17H15FN2O. The third kappa shape index (κ3) is 2.94. The number of aromatic amines is 1. The largest absolute Gasteiger partial charge is 0.361 e. The Balaban J connectivity index is 1.64. The Morgan fingerprint density at radius 3 is 2.71 bits per heavy atom. The van der Waals surface area contributed by atoms with Crippen molar-refractivity contribution in [3.63, 3.8) is 0 Å². The van der Waals surface area contributed by atoms with Crippen molar-refractivity contribution in [2.24, 2.45) is 0 Å². The van der Waals surface area contributed by atoms with E-state index in [1.807, 2.05) is 24.4 Å². The first kappa shape index (κ1) is 13.4. The van der Waals surface area contributed by atoms with E-state index in [4.69, 9.17) is 0 Å². The van der Waals surface area contributed by atoms with Crippen LogP contribution in [0.1, 0.15) is 15.9 Å². The number of nitrogens with one attached hydrogen (secondary N) is 2. The number of H-pyrrole nitrogens is 1. The molecule has 4 heteroatoms. The minimum absolute atomic E-state index is 0.106. The van der Waals surface area contributed by atoms with Crippen LogP contribution in [0.5, 0.6) is 0 Å². The highest BCUT2D eigenvalue weighted by atomic mass is 19.1. The molecule has 3 nitrogen and oxygen atoms in total. The van der Waals surface area contributed by atoms with Gasteiger partial charge in [-0.15, -0.1) is 0 Å². The number of carbonyl (C=O) groups is 1. The molecule has 1 aromatic heterocycles. The zero-order valence-electron chi connectivity index (χ0n) is 11.4. The third-order valence-corrected chi connectivity index (χ3v) is 3.44. The van der Waals surface area contributed by atoms with Gasteiger partial charge in [0.05, 0.1) is 11.1 Å². The number of fused-ring (bicyclic) bond motifs is 1. The van der Waals surface area contributed by atoms with Crippen molar-refractivity contribution < 1.29 is 9.18 Å². The van der Waals surface area contributed by atoms with Crippen molar-refractivity contribution in [3.8, 4) is 0 Å². The minimum Gasteiger partial charge on any atom is -0.361 e. The minimum atomic E-state index is -0.249. The quantitative estimate of drug-likeness (QED) is 0.758. The molecule has 0 radical (unpaired) electrons. The van der Waals surface area contributed by atoms with E-state index < -0.39 is 0 Å². The van der Waals surface area contributed by atoms with Gasteiger partial charge < -0.3 is 10.3 Å². The van der Waals surface area contributed by atoms with Crippen LogP contribution >= 0.6 is 0 Å². The lowest BCUT2D eigenvalue weighted by molar-refractivity contribution is 0.0955. The molecule has 0 aliphatic heterocycles. The molecule has 0 fully saturated rings. The summed E-state index contributed by atoms with van der Waals surface area (Å²) in [5.41, 5.74) is 2.48. The molecule has 0 saturated carbocycles. The number of para-hydroxylation sites is 1. The van der Waals surface area contributed by atoms with E-state index in [1.165, 1.54) is 12.1 Å². The van der Waals surface area contributed by atoms with Gasteiger partial charge in [0, 0.05) is 18.1 Å². The van der Waals surface area contributed by atoms with E-state index in [1.54, 1.807) is 18.2 Å². The number of benzene rings is 2. The highest BCUT2D eigenvalue weighted by molar-refractivity contribution is 6.05. The second-order valence-corrected chi connectivity index (χ2v) is 4.88. The Bertz CT molecular complexity index is 762. The van der Waals surface area contributed by atoms with Gasteiger partial charge in [0.2, 0.25) is 0 Å². The molecular weight excluding hydrogens is 267 g/mol. The van der Waals surface area contributed by atoms with Crippen molar-refractivity contribution >= 4 is 16.8 Å². The van der Waals surface area contributed by atoms with Crippen LogP contribution in [0.15, 0.2) is 54.7 Å². The highest BCUT2D eigenvalue weighted by Crippen LogP contribution is 2.16. The molecule has 0 unspecified atom stereocenters. The van der Waals surface area contributed by atoms with E-state index in [0.717, 1.165) is 16.5 Å². The van der Waals surface area contributed by atoms with Crippen LogP contribution in [0.4, 0.5) is 4.39 Å². The molecule has 0 saturated heterocycles. The predicted octanol–water partition coefficient (Wildman–Crippen LogP) is 3.28. The van der Waals surface area contributed by atoms with Crippen molar-refractivity contribution in [3.05, 3.63) is 71.7 Å². The summed E-state index contributed by atoms with van der Waals surface area (Å²) in [5, 5.41) is 3.91. The summed E-state index contributed by atoms with van der Waals surface area (Å²) in [6.45, 7) is 0.515. The maximum atomic E-state index is 12.8. The summed E-state index contributed by atoms with van der Waals surface area (Å²) < 4.78 is 12.8. The zero-order chi connectivity index (χ0) is 14.7. The van der Waals surface area contributed by atoms with Crippen LogP contribution in [0.3, 0.4) is 0 Å². The molecule has 0 bridgehead atoms. The van der Waals surface area contributed by atoms with E-state index in [2.05, 4.69) is 10.3 Å². The molecule has 3 rings (SSSR count). The van der Waals surface area contributed by atoms with Crippen LogP contribution in [0, 0.1) is 5.82 Å². The Kier molecular flexibility index (Phi) is 3.69. The van der Waals surface area contributed by atoms with Gasteiger partial charge in [-0.3, -0.25) is 4.79 Å². The van der Waals surface area contributed by atoms with Gasteiger partial charge in [0.25, 0.3) is 5.91 Å². The molecule has 1 heterocycles. The lowest BCUT2D eigenvalue weighted by atomic mass is 10.1. The van der Waals surface area contributed by atoms with Crippen molar-refractivity contribution in [2.45, 2.75) is 6.42 Å². The van der Waals surface area contributed by atoms with E-state index in [-0.39, 0.29) is 11.7 Å². The number of hydrogen-bond acceptors (Lipinski definition) is 1. The number of rotatable bonds is 4. The second-order valence-electron chi connectivity index (χ2n) is 4.88. The summed E-state index contributed by atoms with van der Waals surface area (Å²) in [4.78, 5) is 15.3. The van der Waals surface area contributed by atoms with Gasteiger partial charge in [-0.05, 0) is 36.2 Å².